The molecule has 2 N–H and O–H groups in total. The van der Waals surface area contributed by atoms with E-state index in [0.717, 1.165) is 22.3 Å². The van der Waals surface area contributed by atoms with Gasteiger partial charge in [-0.05, 0) is 13.8 Å². The zero-order valence-electron chi connectivity index (χ0n) is 11.6. The van der Waals surface area contributed by atoms with Gasteiger partial charge in [-0.15, -0.1) is 11.3 Å². The lowest BCUT2D eigenvalue weighted by Gasteiger charge is -2.24. The summed E-state index contributed by atoms with van der Waals surface area (Å²) in [6, 6.07) is 0. The van der Waals surface area contributed by atoms with Crippen molar-refractivity contribution in [3.63, 3.8) is 0 Å². The van der Waals surface area contributed by atoms with Gasteiger partial charge in [-0.3, -0.25) is 0 Å². The molecule has 0 saturated carbocycles. The first-order valence-electron chi connectivity index (χ1n) is 6.30. The Kier molecular flexibility index (Phi) is 3.06. The molecule has 0 saturated heterocycles. The molecule has 0 aliphatic heterocycles. The lowest BCUT2D eigenvalue weighted by molar-refractivity contribution is 0.601. The van der Waals surface area contributed by atoms with Crippen LogP contribution in [0.2, 0.25) is 0 Å². The summed E-state index contributed by atoms with van der Waals surface area (Å²) in [5.41, 5.74) is 0.494. The van der Waals surface area contributed by atoms with Gasteiger partial charge in [-0.25, -0.2) is 15.0 Å². The van der Waals surface area contributed by atoms with Gasteiger partial charge in [-0.2, -0.15) is 0 Å². The third kappa shape index (κ3) is 2.20. The van der Waals surface area contributed by atoms with Gasteiger partial charge in [0.25, 0.3) is 0 Å². The minimum Gasteiger partial charge on any atom is -0.372 e. The number of imidazole rings is 1. The van der Waals surface area contributed by atoms with Gasteiger partial charge in [0, 0.05) is 31.0 Å². The lowest BCUT2D eigenvalue weighted by Crippen LogP contribution is -2.28. The van der Waals surface area contributed by atoms with Crippen LogP contribution in [-0.4, -0.2) is 26.4 Å². The highest BCUT2D eigenvalue weighted by Crippen LogP contribution is 2.28. The number of anilines is 2. The Morgan fingerprint density at radius 1 is 1.25 bits per heavy atom. The molecule has 3 rings (SSSR count). The maximum Gasteiger partial charge on any atom is 0.180 e. The molecular formula is C13H16N6S. The molecule has 7 heteroatoms. The lowest BCUT2D eigenvalue weighted by atomic mass is 10.1. The predicted molar refractivity (Wildman–Crippen MR) is 81.3 cm³/mol. The monoisotopic (exact) mass is 288 g/mol. The number of fused-ring (bicyclic) bond motifs is 1. The van der Waals surface area contributed by atoms with Crippen molar-refractivity contribution < 1.29 is 0 Å². The largest absolute Gasteiger partial charge is 0.372 e. The third-order valence-corrected chi connectivity index (χ3v) is 4.12. The molecule has 0 spiro atoms. The Morgan fingerprint density at radius 2 is 2.10 bits per heavy atom. The second-order valence-corrected chi connectivity index (χ2v) is 5.86. The highest BCUT2D eigenvalue weighted by atomic mass is 32.1. The number of nitrogens with one attached hydrogen (secondary N) is 2. The fraction of sp³-hybridized carbons (Fsp3) is 0.308. The smallest absolute Gasteiger partial charge is 0.180 e. The zero-order valence-corrected chi connectivity index (χ0v) is 12.4. The first kappa shape index (κ1) is 12.9. The standard InChI is InChI=1S/C13H16N6S/c1-13(2,12-16-5-7-20-12)18-10-11-15-4-6-19(11)8-9(14-3)17-10/h4-8,14H,1-3H3,(H,17,18). The molecule has 20 heavy (non-hydrogen) atoms. The predicted octanol–water partition coefficient (Wildman–Crippen LogP) is 2.57. The van der Waals surface area contributed by atoms with E-state index in [1.807, 2.05) is 35.4 Å². The topological polar surface area (TPSA) is 67.1 Å². The Balaban J connectivity index is 2.03. The Bertz CT molecular complexity index is 716. The van der Waals surface area contributed by atoms with Crippen molar-refractivity contribution in [2.75, 3.05) is 17.7 Å². The van der Waals surface area contributed by atoms with E-state index >= 15 is 0 Å². The SMILES string of the molecule is CNc1cn2ccnc2c(NC(C)(C)c2nccs2)n1. The molecule has 0 bridgehead atoms. The summed E-state index contributed by atoms with van der Waals surface area (Å²) in [6.07, 6.45) is 7.38. The fourth-order valence-electron chi connectivity index (χ4n) is 2.02. The Hall–Kier alpha value is -2.15. The molecule has 0 aliphatic carbocycles. The van der Waals surface area contributed by atoms with Gasteiger partial charge < -0.3 is 15.0 Å². The number of hydrogen-bond acceptors (Lipinski definition) is 6. The van der Waals surface area contributed by atoms with Crippen LogP contribution >= 0.6 is 11.3 Å². The molecule has 0 aromatic carbocycles. The number of aromatic nitrogens is 4. The van der Waals surface area contributed by atoms with Gasteiger partial charge in [0.2, 0.25) is 0 Å². The summed E-state index contributed by atoms with van der Waals surface area (Å²) in [6.45, 7) is 4.16. The van der Waals surface area contributed by atoms with Crippen molar-refractivity contribution >= 4 is 28.6 Å². The summed E-state index contributed by atoms with van der Waals surface area (Å²) < 4.78 is 1.94. The van der Waals surface area contributed by atoms with Crippen LogP contribution in [0.4, 0.5) is 11.6 Å². The van der Waals surface area contributed by atoms with Crippen LogP contribution in [0.5, 0.6) is 0 Å². The van der Waals surface area contributed by atoms with Crippen LogP contribution in [0.15, 0.2) is 30.2 Å². The minimum absolute atomic E-state index is 0.306. The number of rotatable bonds is 4. The zero-order chi connectivity index (χ0) is 14.2. The van der Waals surface area contributed by atoms with E-state index in [2.05, 4.69) is 39.4 Å². The van der Waals surface area contributed by atoms with Crippen molar-refractivity contribution in [1.29, 1.82) is 0 Å². The van der Waals surface area contributed by atoms with Gasteiger partial charge in [0.15, 0.2) is 11.5 Å². The highest BCUT2D eigenvalue weighted by Gasteiger charge is 2.25. The second kappa shape index (κ2) is 4.75. The normalized spacial score (nSPS) is 11.8. The van der Waals surface area contributed by atoms with Crippen LogP contribution in [0, 0.1) is 0 Å². The third-order valence-electron chi connectivity index (χ3n) is 3.03. The van der Waals surface area contributed by atoms with Crippen molar-refractivity contribution in [1.82, 2.24) is 19.4 Å². The molecule has 104 valence electrons. The van der Waals surface area contributed by atoms with E-state index in [9.17, 15) is 0 Å². The molecule has 0 unspecified atom stereocenters. The maximum absolute atomic E-state index is 4.56. The van der Waals surface area contributed by atoms with Crippen LogP contribution in [0.25, 0.3) is 5.65 Å². The van der Waals surface area contributed by atoms with Gasteiger partial charge in [-0.1, -0.05) is 0 Å². The second-order valence-electron chi connectivity index (χ2n) is 4.97. The molecule has 3 aromatic rings. The minimum atomic E-state index is -0.306. The summed E-state index contributed by atoms with van der Waals surface area (Å²) in [5, 5.41) is 9.48. The van der Waals surface area contributed by atoms with Crippen molar-refractivity contribution in [2.45, 2.75) is 19.4 Å². The first-order valence-corrected chi connectivity index (χ1v) is 7.18. The molecular weight excluding hydrogens is 272 g/mol. The van der Waals surface area contributed by atoms with E-state index in [-0.39, 0.29) is 5.54 Å². The molecule has 0 aliphatic rings. The summed E-state index contributed by atoms with van der Waals surface area (Å²) in [4.78, 5) is 13.3. The summed E-state index contributed by atoms with van der Waals surface area (Å²) in [5.74, 6) is 1.52. The molecule has 3 aromatic heterocycles. The average Bonchev–Trinajstić information content (AvgIpc) is 3.09. The van der Waals surface area contributed by atoms with Gasteiger partial charge in [0.1, 0.15) is 10.8 Å². The van der Waals surface area contributed by atoms with Gasteiger partial charge in [0.05, 0.1) is 11.7 Å². The van der Waals surface area contributed by atoms with E-state index < -0.39 is 0 Å². The van der Waals surface area contributed by atoms with Crippen LogP contribution in [-0.2, 0) is 5.54 Å². The van der Waals surface area contributed by atoms with Crippen molar-refractivity contribution in [3.8, 4) is 0 Å². The summed E-state index contributed by atoms with van der Waals surface area (Å²) >= 11 is 1.62. The Morgan fingerprint density at radius 3 is 2.80 bits per heavy atom. The molecule has 6 nitrogen and oxygen atoms in total. The number of hydrogen-bond donors (Lipinski definition) is 2. The average molecular weight is 288 g/mol. The molecule has 0 fully saturated rings. The van der Waals surface area contributed by atoms with E-state index in [1.165, 1.54) is 0 Å². The Labute approximate surface area is 120 Å². The fourth-order valence-corrected chi connectivity index (χ4v) is 2.74. The van der Waals surface area contributed by atoms with E-state index in [1.54, 1.807) is 17.5 Å². The van der Waals surface area contributed by atoms with Crippen LogP contribution in [0.1, 0.15) is 18.9 Å². The number of nitrogens with zero attached hydrogens (tertiary/aromatic N) is 4. The van der Waals surface area contributed by atoms with Crippen molar-refractivity contribution in [2.24, 2.45) is 0 Å². The van der Waals surface area contributed by atoms with Crippen LogP contribution in [0.3, 0.4) is 0 Å². The first-order chi connectivity index (χ1) is 9.60. The van der Waals surface area contributed by atoms with Crippen LogP contribution < -0.4 is 10.6 Å². The quantitative estimate of drug-likeness (QED) is 0.772. The number of thiazole rings is 1. The molecule has 3 heterocycles. The van der Waals surface area contributed by atoms with Gasteiger partial charge >= 0.3 is 0 Å². The van der Waals surface area contributed by atoms with E-state index in [4.69, 9.17) is 0 Å². The highest BCUT2D eigenvalue weighted by molar-refractivity contribution is 7.09. The molecule has 0 radical (unpaired) electrons. The maximum atomic E-state index is 4.56. The molecule has 0 atom stereocenters. The van der Waals surface area contributed by atoms with E-state index in [0.29, 0.717) is 0 Å². The summed E-state index contributed by atoms with van der Waals surface area (Å²) in [7, 11) is 1.85. The molecule has 0 amide bonds. The van der Waals surface area contributed by atoms with Crippen molar-refractivity contribution in [3.05, 3.63) is 35.2 Å².